The summed E-state index contributed by atoms with van der Waals surface area (Å²) in [6.07, 6.45) is 0. The molecule has 0 saturated carbocycles. The molecule has 6 N–H and O–H groups in total. The summed E-state index contributed by atoms with van der Waals surface area (Å²) in [4.78, 5) is 43.4. The predicted molar refractivity (Wildman–Crippen MR) is 547 cm³/mol. The number of aryl methyl sites for hydroxylation is 3. The van der Waals surface area contributed by atoms with Gasteiger partial charge in [-0.2, -0.15) is 0 Å². The molecule has 11 nitrogen and oxygen atoms in total. The van der Waals surface area contributed by atoms with E-state index in [0.29, 0.717) is 41.7 Å². The number of aromatic nitrogens is 3. The number of nitrogen functional groups attached to an aromatic ring is 2. The van der Waals surface area contributed by atoms with Crippen LogP contribution >= 0.6 is 431 Å². The van der Waals surface area contributed by atoms with Crippen LogP contribution in [0.1, 0.15) is 48.2 Å². The van der Waals surface area contributed by atoms with Crippen molar-refractivity contribution in [3.63, 3.8) is 0 Å². The second-order valence-electron chi connectivity index (χ2n) is 8.93. The van der Waals surface area contributed by atoms with E-state index in [1.165, 1.54) is 37.4 Å². The summed E-state index contributed by atoms with van der Waals surface area (Å²) in [5.74, 6) is -1.80. The van der Waals surface area contributed by atoms with Crippen molar-refractivity contribution >= 4 is 460 Å². The number of rotatable bonds is 15. The van der Waals surface area contributed by atoms with Gasteiger partial charge in [-0.1, -0.05) is 11.6 Å². The van der Waals surface area contributed by atoms with Crippen LogP contribution in [-0.4, -0.2) is 50.2 Å². The van der Waals surface area contributed by atoms with Crippen LogP contribution in [0.25, 0.3) is 0 Å². The van der Waals surface area contributed by atoms with Crippen LogP contribution in [0.15, 0.2) is 36.4 Å². The number of carbonyl (C=O) groups excluding carboxylic acids is 1. The first-order chi connectivity index (χ1) is 29.8. The van der Waals surface area contributed by atoms with Gasteiger partial charge < -0.3 is 26.4 Å². The van der Waals surface area contributed by atoms with E-state index in [9.17, 15) is 14.4 Å². The molecule has 0 saturated heterocycles. The van der Waals surface area contributed by atoms with Crippen LogP contribution in [0.5, 0.6) is 0 Å². The Morgan fingerprint density at radius 1 is 0.523 bits per heavy atom. The number of nitrogens with two attached hydrogens (primary N) is 2. The third-order valence-electron chi connectivity index (χ3n) is 4.72. The van der Waals surface area contributed by atoms with E-state index >= 15 is 0 Å². The van der Waals surface area contributed by atoms with Crippen molar-refractivity contribution in [3.05, 3.63) is 75.3 Å². The van der Waals surface area contributed by atoms with E-state index in [0.717, 1.165) is 0 Å². The molecule has 3 heterocycles. The van der Waals surface area contributed by atoms with Crippen LogP contribution < -0.4 is 24.7 Å². The molecule has 398 valence electrons. The molecule has 0 fully saturated rings. The number of pyridine rings is 3. The minimum atomic E-state index is -0.989. The molecular weight excluding hydrogens is 4400 g/mol. The van der Waals surface area contributed by atoms with Crippen molar-refractivity contribution in [1.82, 2.24) is 15.0 Å². The molecule has 0 radical (unpaired) electrons. The Bertz CT molecular complexity index is 1780. The number of aromatic carboxylic acids is 2. The third-order valence-corrected chi connectivity index (χ3v) is 1900. The number of anilines is 2. The summed E-state index contributed by atoms with van der Waals surface area (Å²) in [7, 11) is -3.31. The number of ether oxygens (including phenoxy) is 1. The number of methoxy groups -OCH3 is 1. The fourth-order valence-corrected chi connectivity index (χ4v) is 3980. The summed E-state index contributed by atoms with van der Waals surface area (Å²) in [5, 5.41) is 17.3. The molecule has 43 heteroatoms. The average Bonchev–Trinajstić information content (AvgIpc) is 3.22. The van der Waals surface area contributed by atoms with E-state index < -0.39 is 41.6 Å². The molecule has 65 heavy (non-hydrogen) atoms. The number of carbonyl (C=O) groups is 3. The van der Waals surface area contributed by atoms with Crippen LogP contribution in [0.4, 0.5) is 11.6 Å². The zero-order valence-corrected chi connectivity index (χ0v) is 98.2. The van der Waals surface area contributed by atoms with Gasteiger partial charge in [0.05, 0.1) is 23.8 Å². The zero-order chi connectivity index (χ0) is 51.2. The van der Waals surface area contributed by atoms with Gasteiger partial charge in [0.25, 0.3) is 0 Å². The standard InChI is InChI=1S/C8H10N2O2.C7H6ClNO2.C7H8N2O2.I16.I15/c1-5-3-6(8(11)12-2)4-7(9)10-5;2*1-4-2-5(7(10)11)3-6(8)9-4;1-10(2)12(5)14(7)16(9)15(8)13(6)11(3)4;1-9-11(4)13(6)15(8)14(7)12(5)10(2)3/h3-4H,1-2H3,(H2,9,10);2-3H,1H3,(H,10,11);2-3H,1H3,(H2,8,9)(H,10,11);;/q;;;;-1. The second-order valence-corrected chi connectivity index (χ2v) is 659. The molecule has 0 aromatic carbocycles. The monoisotopic (exact) mass is 4420 g/mol. The molecule has 3 aromatic heterocycles. The van der Waals surface area contributed by atoms with Crippen LogP contribution in [0, 0.1) is 20.8 Å². The van der Waals surface area contributed by atoms with Gasteiger partial charge in [0.1, 0.15) is 16.8 Å². The normalized spacial score (nSPS) is 13.2. The summed E-state index contributed by atoms with van der Waals surface area (Å²) in [6.45, 7) is 5.16. The van der Waals surface area contributed by atoms with Gasteiger partial charge in [-0.15, -0.1) is 0 Å². The Kier molecular flexibility index (Phi) is 65.8. The van der Waals surface area contributed by atoms with Crippen molar-refractivity contribution in [2.75, 3.05) is 18.6 Å². The van der Waals surface area contributed by atoms with Crippen molar-refractivity contribution in [2.24, 2.45) is 0 Å². The number of hydrogen-bond acceptors (Lipinski definition) is 9. The molecule has 0 spiro atoms. The first kappa shape index (κ1) is 85.4. The summed E-state index contributed by atoms with van der Waals surface area (Å²) < 4.78 is 4.52. The quantitative estimate of drug-likeness (QED) is 0.0643. The van der Waals surface area contributed by atoms with E-state index in [1.807, 2.05) is 0 Å². The predicted octanol–water partition coefficient (Wildman–Crippen LogP) is 26.7. The van der Waals surface area contributed by atoms with Crippen molar-refractivity contribution in [1.29, 1.82) is 0 Å². The zero-order valence-electron chi connectivity index (χ0n) is 30.6. The molecule has 0 aliphatic rings. The van der Waals surface area contributed by atoms with Gasteiger partial charge in [0, 0.05) is 17.1 Å². The Balaban J connectivity index is 0. The third kappa shape index (κ3) is 40.7. The molecule has 0 bridgehead atoms. The molecule has 0 aliphatic heterocycles. The van der Waals surface area contributed by atoms with E-state index in [1.54, 1.807) is 26.8 Å². The molecule has 0 atom stereocenters. The van der Waals surface area contributed by atoms with Gasteiger partial charge >= 0.3 is 450 Å². The molecule has 3 aromatic rings. The van der Waals surface area contributed by atoms with Gasteiger partial charge in [0.2, 0.25) is 0 Å². The molecule has 3 rings (SSSR count). The number of esters is 1. The first-order valence-corrected chi connectivity index (χ1v) is 196. The van der Waals surface area contributed by atoms with E-state index in [-0.39, 0.29) is 101 Å². The van der Waals surface area contributed by atoms with Crippen LogP contribution in [0.3, 0.4) is 0 Å². The number of nitrogens with zero attached hydrogens (tertiary/aromatic N) is 3. The number of carboxylic acid groups (broad SMARTS) is 2. The summed E-state index contributed by atoms with van der Waals surface area (Å²) >= 11 is 56.4. The number of carboxylic acids is 2. The number of hydrogen-bond donors (Lipinski definition) is 4. The SMILES string of the molecule is COC(=O)c1cc(C)nc(N)c1.Cc1cc(C(=O)O)cc(Cl)n1.Cc1cc(C(=O)O)cc(N)n1.II(I)I(I)I(I)I(I)I(I)I(I)I(I)I.I[I-]I(I)I(I)I(I)I(I)I(I)I(I)I. The van der Waals surface area contributed by atoms with Crippen molar-refractivity contribution in [2.45, 2.75) is 20.8 Å². The number of halogens is 32. The maximum absolute atomic E-state index is 11.0. The molecule has 0 aliphatic carbocycles. The van der Waals surface area contributed by atoms with Crippen LogP contribution in [0.2, 0.25) is 5.15 Å². The van der Waals surface area contributed by atoms with Gasteiger partial charge in [-0.25, -0.2) is 29.3 Å². The average molecular weight is 4420 g/mol. The fourth-order valence-electron chi connectivity index (χ4n) is 2.79. The molecule has 0 amide bonds. The van der Waals surface area contributed by atoms with Crippen molar-refractivity contribution < 1.29 is 42.6 Å². The second kappa shape index (κ2) is 50.1. The summed E-state index contributed by atoms with van der Waals surface area (Å²) in [5.41, 5.74) is 13.5. The molecule has 0 unspecified atom stereocenters. The van der Waals surface area contributed by atoms with Gasteiger partial charge in [-0.05, 0) is 57.2 Å². The maximum atomic E-state index is 11.0. The van der Waals surface area contributed by atoms with Crippen molar-refractivity contribution in [3.8, 4) is 0 Å². The van der Waals surface area contributed by atoms with Crippen LogP contribution in [-0.2, 0) is 4.74 Å². The van der Waals surface area contributed by atoms with Gasteiger partial charge in [-0.3, -0.25) is 0 Å². The minimum absolute atomic E-state index is 0.169. The Morgan fingerprint density at radius 2 is 0.815 bits per heavy atom. The topological polar surface area (TPSA) is 192 Å². The van der Waals surface area contributed by atoms with E-state index in [2.05, 4.69) is 336 Å². The Hall–Kier alpha value is 18.4. The Labute approximate surface area is 606 Å². The van der Waals surface area contributed by atoms with Gasteiger partial charge in [0.15, 0.2) is 0 Å². The summed E-state index contributed by atoms with van der Waals surface area (Å²) in [6, 6.07) is 8.69. The molecular formula is C22H24ClI31N5O6-. The Morgan fingerprint density at radius 3 is 1.11 bits per heavy atom. The van der Waals surface area contributed by atoms with E-state index in [4.69, 9.17) is 33.3 Å². The first-order valence-electron chi connectivity index (χ1n) is 13.6. The fraction of sp³-hybridized carbons (Fsp3) is 0.182.